The minimum Gasteiger partial charge on any atom is -0.361 e. The van der Waals surface area contributed by atoms with Crippen LogP contribution >= 0.6 is 0 Å². The van der Waals surface area contributed by atoms with Crippen molar-refractivity contribution in [3.63, 3.8) is 0 Å². The second kappa shape index (κ2) is 5.17. The molecule has 19 heavy (non-hydrogen) atoms. The molecule has 102 valence electrons. The van der Waals surface area contributed by atoms with E-state index in [-0.39, 0.29) is 11.5 Å². The molecule has 0 N–H and O–H groups in total. The van der Waals surface area contributed by atoms with Crippen LogP contribution in [0.3, 0.4) is 0 Å². The number of sulfone groups is 1. The fourth-order valence-corrected chi connectivity index (χ4v) is 3.57. The molecule has 0 bridgehead atoms. The molecule has 0 fully saturated rings. The van der Waals surface area contributed by atoms with E-state index in [0.29, 0.717) is 17.0 Å². The van der Waals surface area contributed by atoms with Crippen LogP contribution in [0, 0.1) is 20.8 Å². The minimum atomic E-state index is -3.22. The first-order valence-electron chi connectivity index (χ1n) is 6.05. The summed E-state index contributed by atoms with van der Waals surface area (Å²) in [7, 11) is -3.22. The lowest BCUT2D eigenvalue weighted by molar-refractivity contribution is 0.392. The van der Waals surface area contributed by atoms with Crippen molar-refractivity contribution in [3.8, 4) is 0 Å². The Morgan fingerprint density at radius 3 is 2.21 bits per heavy atom. The van der Waals surface area contributed by atoms with Crippen molar-refractivity contribution in [2.24, 2.45) is 0 Å². The van der Waals surface area contributed by atoms with Crippen LogP contribution in [0.5, 0.6) is 0 Å². The normalized spacial score (nSPS) is 11.7. The molecule has 2 aromatic rings. The summed E-state index contributed by atoms with van der Waals surface area (Å²) in [4.78, 5) is 0. The smallest absolute Gasteiger partial charge is 0.158 e. The van der Waals surface area contributed by atoms with Crippen LogP contribution in [0.4, 0.5) is 0 Å². The molecule has 0 spiro atoms. The van der Waals surface area contributed by atoms with Gasteiger partial charge < -0.3 is 4.52 Å². The number of hydrogen-bond acceptors (Lipinski definition) is 4. The number of benzene rings is 1. The van der Waals surface area contributed by atoms with Crippen molar-refractivity contribution in [1.82, 2.24) is 5.16 Å². The monoisotopic (exact) mass is 279 g/mol. The van der Waals surface area contributed by atoms with Gasteiger partial charge in [0.1, 0.15) is 5.76 Å². The first-order valence-corrected chi connectivity index (χ1v) is 7.87. The van der Waals surface area contributed by atoms with Crippen LogP contribution in [0.25, 0.3) is 0 Å². The number of aromatic nitrogens is 1. The van der Waals surface area contributed by atoms with Crippen molar-refractivity contribution in [2.45, 2.75) is 32.3 Å². The van der Waals surface area contributed by atoms with Crippen molar-refractivity contribution in [2.75, 3.05) is 0 Å². The average Bonchev–Trinajstić information content (AvgIpc) is 2.63. The van der Waals surface area contributed by atoms with E-state index in [2.05, 4.69) is 5.16 Å². The zero-order chi connectivity index (χ0) is 14.0. The Morgan fingerprint density at radius 1 is 1.05 bits per heavy atom. The maximum absolute atomic E-state index is 12.2. The maximum Gasteiger partial charge on any atom is 0.158 e. The van der Waals surface area contributed by atoms with Gasteiger partial charge in [-0.3, -0.25) is 0 Å². The number of nitrogens with zero attached hydrogens (tertiary/aromatic N) is 1. The molecule has 0 saturated heterocycles. The fourth-order valence-electron chi connectivity index (χ4n) is 1.92. The molecule has 2 rings (SSSR count). The minimum absolute atomic E-state index is 0.0258. The third kappa shape index (κ3) is 3.44. The van der Waals surface area contributed by atoms with E-state index in [1.54, 1.807) is 13.8 Å². The van der Waals surface area contributed by atoms with Crippen molar-refractivity contribution >= 4 is 9.84 Å². The van der Waals surface area contributed by atoms with Gasteiger partial charge in [0, 0.05) is 5.56 Å². The Morgan fingerprint density at radius 2 is 1.68 bits per heavy atom. The topological polar surface area (TPSA) is 60.2 Å². The maximum atomic E-state index is 12.2. The predicted molar refractivity (Wildman–Crippen MR) is 73.5 cm³/mol. The van der Waals surface area contributed by atoms with Gasteiger partial charge in [0.15, 0.2) is 9.84 Å². The molecule has 0 unspecified atom stereocenters. The second-order valence-electron chi connectivity index (χ2n) is 4.82. The summed E-state index contributed by atoms with van der Waals surface area (Å²) in [6.45, 7) is 5.46. The molecule has 0 radical (unpaired) electrons. The zero-order valence-corrected chi connectivity index (χ0v) is 12.1. The van der Waals surface area contributed by atoms with Gasteiger partial charge >= 0.3 is 0 Å². The molecule has 0 aliphatic rings. The number of hydrogen-bond donors (Lipinski definition) is 0. The van der Waals surface area contributed by atoms with E-state index < -0.39 is 9.84 Å². The van der Waals surface area contributed by atoms with Crippen molar-refractivity contribution in [1.29, 1.82) is 0 Å². The Hall–Kier alpha value is -1.62. The van der Waals surface area contributed by atoms with E-state index >= 15 is 0 Å². The third-order valence-corrected chi connectivity index (χ3v) is 4.55. The van der Waals surface area contributed by atoms with E-state index in [0.717, 1.165) is 11.1 Å². The standard InChI is InChI=1S/C14H17NO3S/c1-10-4-6-13(7-5-10)8-19(16,17)9-14-11(2)15-18-12(14)3/h4-7H,8-9H2,1-3H3. The zero-order valence-electron chi connectivity index (χ0n) is 11.3. The van der Waals surface area contributed by atoms with Crippen LogP contribution in [-0.2, 0) is 21.3 Å². The first kappa shape index (κ1) is 13.8. The van der Waals surface area contributed by atoms with Gasteiger partial charge in [-0.25, -0.2) is 8.42 Å². The molecule has 5 heteroatoms. The number of aryl methyl sites for hydroxylation is 3. The lowest BCUT2D eigenvalue weighted by Gasteiger charge is -2.05. The van der Waals surface area contributed by atoms with Gasteiger partial charge in [-0.1, -0.05) is 35.0 Å². The molecule has 0 amide bonds. The Bertz CT molecular complexity index is 650. The van der Waals surface area contributed by atoms with E-state index in [4.69, 9.17) is 4.52 Å². The molecule has 1 aromatic heterocycles. The molecule has 0 aliphatic carbocycles. The van der Waals surface area contributed by atoms with Crippen LogP contribution in [-0.4, -0.2) is 13.6 Å². The molecule has 1 aromatic carbocycles. The van der Waals surface area contributed by atoms with Gasteiger partial charge in [0.05, 0.1) is 17.2 Å². The third-order valence-electron chi connectivity index (χ3n) is 3.05. The molecular formula is C14H17NO3S. The van der Waals surface area contributed by atoms with Crippen LogP contribution in [0.1, 0.15) is 28.1 Å². The lowest BCUT2D eigenvalue weighted by atomic mass is 10.2. The lowest BCUT2D eigenvalue weighted by Crippen LogP contribution is -2.08. The molecule has 0 saturated carbocycles. The van der Waals surface area contributed by atoms with Crippen molar-refractivity contribution < 1.29 is 12.9 Å². The van der Waals surface area contributed by atoms with Crippen molar-refractivity contribution in [3.05, 3.63) is 52.4 Å². The quantitative estimate of drug-likeness (QED) is 0.863. The molecule has 4 nitrogen and oxygen atoms in total. The van der Waals surface area contributed by atoms with Crippen LogP contribution in [0.15, 0.2) is 28.8 Å². The molecule has 1 heterocycles. The Balaban J connectivity index is 2.17. The summed E-state index contributed by atoms with van der Waals surface area (Å²) in [5.41, 5.74) is 3.24. The van der Waals surface area contributed by atoms with Gasteiger partial charge in [-0.05, 0) is 26.3 Å². The van der Waals surface area contributed by atoms with Gasteiger partial charge in [0.25, 0.3) is 0 Å². The van der Waals surface area contributed by atoms with Gasteiger partial charge in [-0.2, -0.15) is 0 Å². The molecule has 0 aliphatic heterocycles. The van der Waals surface area contributed by atoms with E-state index in [1.165, 1.54) is 0 Å². The summed E-state index contributed by atoms with van der Waals surface area (Å²) in [6.07, 6.45) is 0. The summed E-state index contributed by atoms with van der Waals surface area (Å²) in [5.74, 6) is 0.587. The largest absolute Gasteiger partial charge is 0.361 e. The predicted octanol–water partition coefficient (Wildman–Crippen LogP) is 2.71. The van der Waals surface area contributed by atoms with Gasteiger partial charge in [-0.15, -0.1) is 0 Å². The molecular weight excluding hydrogens is 262 g/mol. The highest BCUT2D eigenvalue weighted by Crippen LogP contribution is 2.18. The highest BCUT2D eigenvalue weighted by Gasteiger charge is 2.19. The summed E-state index contributed by atoms with van der Waals surface area (Å²) < 4.78 is 29.4. The summed E-state index contributed by atoms with van der Waals surface area (Å²) in [5, 5.41) is 3.78. The Kier molecular flexibility index (Phi) is 3.75. The highest BCUT2D eigenvalue weighted by atomic mass is 32.2. The van der Waals surface area contributed by atoms with Crippen LogP contribution in [0.2, 0.25) is 0 Å². The molecule has 0 atom stereocenters. The number of rotatable bonds is 4. The fraction of sp³-hybridized carbons (Fsp3) is 0.357. The Labute approximate surface area is 113 Å². The van der Waals surface area contributed by atoms with E-state index in [9.17, 15) is 8.42 Å². The van der Waals surface area contributed by atoms with E-state index in [1.807, 2.05) is 31.2 Å². The SMILES string of the molecule is Cc1ccc(CS(=O)(=O)Cc2c(C)noc2C)cc1. The highest BCUT2D eigenvalue weighted by molar-refractivity contribution is 7.89. The van der Waals surface area contributed by atoms with Gasteiger partial charge in [0.2, 0.25) is 0 Å². The second-order valence-corrected chi connectivity index (χ2v) is 6.89. The summed E-state index contributed by atoms with van der Waals surface area (Å²) in [6, 6.07) is 7.53. The van der Waals surface area contributed by atoms with Crippen LogP contribution < -0.4 is 0 Å². The first-order chi connectivity index (χ1) is 8.87. The average molecular weight is 279 g/mol. The summed E-state index contributed by atoms with van der Waals surface area (Å²) >= 11 is 0.